The molecule has 0 heterocycles. The molecule has 0 saturated carbocycles. The van der Waals surface area contributed by atoms with Gasteiger partial charge < -0.3 is 16.2 Å². The number of carbonyl (C=O) groups excluding carboxylic acids is 5. The van der Waals surface area contributed by atoms with Crippen LogP contribution in [0.15, 0.2) is 29.2 Å². The number of amides is 6. The monoisotopic (exact) mass is 438 g/mol. The number of benzene rings is 1. The summed E-state index contributed by atoms with van der Waals surface area (Å²) in [5.74, 6) is -2.86. The van der Waals surface area contributed by atoms with Crippen LogP contribution in [0, 0.1) is 11.8 Å². The van der Waals surface area contributed by atoms with Crippen molar-refractivity contribution < 1.29 is 28.7 Å². The Labute approximate surface area is 178 Å². The summed E-state index contributed by atoms with van der Waals surface area (Å²) in [6.45, 7) is 6.84. The number of imide groups is 2. The molecule has 2 atom stereocenters. The van der Waals surface area contributed by atoms with Crippen molar-refractivity contribution in [1.29, 1.82) is 0 Å². The Morgan fingerprint density at radius 3 is 1.90 bits per heavy atom. The summed E-state index contributed by atoms with van der Waals surface area (Å²) in [7, 11) is 0. The highest BCUT2D eigenvalue weighted by atomic mass is 32.2. The number of carbonyl (C=O) groups is 5. The van der Waals surface area contributed by atoms with Crippen molar-refractivity contribution in [2.24, 2.45) is 23.3 Å². The fourth-order valence-electron chi connectivity index (χ4n) is 2.42. The van der Waals surface area contributed by atoms with Crippen molar-refractivity contribution in [2.45, 2.75) is 43.9 Å². The van der Waals surface area contributed by atoms with E-state index in [4.69, 9.17) is 16.2 Å². The Hall–Kier alpha value is -3.08. The third-order valence-corrected chi connectivity index (χ3v) is 5.44. The van der Waals surface area contributed by atoms with Crippen molar-refractivity contribution >= 4 is 41.6 Å². The fraction of sp³-hybridized carbons (Fsp3) is 0.421. The van der Waals surface area contributed by atoms with Gasteiger partial charge in [0.1, 0.15) is 0 Å². The molecule has 0 bridgehead atoms. The molecule has 6 amide bonds. The van der Waals surface area contributed by atoms with Gasteiger partial charge in [0, 0.05) is 4.90 Å². The van der Waals surface area contributed by atoms with Gasteiger partial charge in [-0.15, -0.1) is 11.8 Å². The number of esters is 1. The van der Waals surface area contributed by atoms with Crippen molar-refractivity contribution in [3.05, 3.63) is 29.8 Å². The van der Waals surface area contributed by atoms with Gasteiger partial charge in [-0.1, -0.05) is 39.8 Å². The van der Waals surface area contributed by atoms with E-state index in [1.54, 1.807) is 45.9 Å². The first-order valence-corrected chi connectivity index (χ1v) is 9.99. The van der Waals surface area contributed by atoms with Crippen LogP contribution in [-0.2, 0) is 14.3 Å². The van der Waals surface area contributed by atoms with Gasteiger partial charge in [0.2, 0.25) is 5.91 Å². The minimum absolute atomic E-state index is 0.123. The molecule has 1 rings (SSSR count). The molecular formula is C19H26N4O6S. The van der Waals surface area contributed by atoms with Gasteiger partial charge in [0.25, 0.3) is 5.91 Å². The number of urea groups is 2. The number of hydrogen-bond acceptors (Lipinski definition) is 7. The number of nitrogens with two attached hydrogens (primary N) is 2. The first-order valence-electron chi connectivity index (χ1n) is 9.11. The lowest BCUT2D eigenvalue weighted by Gasteiger charge is -2.22. The normalized spacial score (nSPS) is 12.7. The van der Waals surface area contributed by atoms with Gasteiger partial charge in [-0.25, -0.2) is 14.4 Å². The molecule has 0 spiro atoms. The second-order valence-electron chi connectivity index (χ2n) is 7.06. The van der Waals surface area contributed by atoms with E-state index in [1.807, 2.05) is 10.6 Å². The molecule has 6 N–H and O–H groups in total. The summed E-state index contributed by atoms with van der Waals surface area (Å²) < 4.78 is 5.32. The van der Waals surface area contributed by atoms with E-state index in [1.165, 1.54) is 6.07 Å². The van der Waals surface area contributed by atoms with Gasteiger partial charge in [-0.2, -0.15) is 0 Å². The highest BCUT2D eigenvalue weighted by molar-refractivity contribution is 8.00. The maximum Gasteiger partial charge on any atom is 0.340 e. The molecule has 0 saturated heterocycles. The zero-order valence-electron chi connectivity index (χ0n) is 17.1. The van der Waals surface area contributed by atoms with Crippen molar-refractivity contribution in [3.63, 3.8) is 0 Å². The summed E-state index contributed by atoms with van der Waals surface area (Å²) in [5.41, 5.74) is 10.1. The minimum atomic E-state index is -1.25. The number of primary amides is 2. The van der Waals surface area contributed by atoms with E-state index >= 15 is 0 Å². The Morgan fingerprint density at radius 2 is 1.40 bits per heavy atom. The van der Waals surface area contributed by atoms with E-state index in [2.05, 4.69) is 0 Å². The van der Waals surface area contributed by atoms with Crippen LogP contribution in [0.3, 0.4) is 0 Å². The van der Waals surface area contributed by atoms with Gasteiger partial charge >= 0.3 is 18.0 Å². The first-order chi connectivity index (χ1) is 13.9. The molecule has 0 fully saturated rings. The van der Waals surface area contributed by atoms with Crippen molar-refractivity contribution in [3.8, 4) is 0 Å². The molecule has 30 heavy (non-hydrogen) atoms. The summed E-state index contributed by atoms with van der Waals surface area (Å²) in [5, 5.41) is 3.22. The minimum Gasteiger partial charge on any atom is -0.448 e. The number of hydrogen-bond donors (Lipinski definition) is 4. The Kier molecular flexibility index (Phi) is 9.31. The third kappa shape index (κ3) is 7.39. The number of nitrogens with one attached hydrogen (secondary N) is 2. The number of ether oxygens (including phenoxy) is 1. The summed E-state index contributed by atoms with van der Waals surface area (Å²) >= 11 is 1.06. The van der Waals surface area contributed by atoms with Gasteiger partial charge in [-0.05, 0) is 24.0 Å². The molecular weight excluding hydrogens is 412 g/mol. The lowest BCUT2D eigenvalue weighted by molar-refractivity contribution is -0.131. The molecule has 0 aliphatic rings. The predicted molar refractivity (Wildman–Crippen MR) is 110 cm³/mol. The predicted octanol–water partition coefficient (Wildman–Crippen LogP) is 1.37. The van der Waals surface area contributed by atoms with E-state index in [9.17, 15) is 24.0 Å². The lowest BCUT2D eigenvalue weighted by atomic mass is 10.1. The molecule has 164 valence electrons. The second kappa shape index (κ2) is 11.2. The third-order valence-electron chi connectivity index (χ3n) is 3.82. The van der Waals surface area contributed by atoms with E-state index in [0.717, 1.165) is 11.8 Å². The fourth-order valence-corrected chi connectivity index (χ4v) is 3.57. The number of thioether (sulfide) groups is 1. The maximum absolute atomic E-state index is 12.8. The Morgan fingerprint density at radius 1 is 0.867 bits per heavy atom. The molecule has 1 aromatic carbocycles. The van der Waals surface area contributed by atoms with Gasteiger partial charge in [0.05, 0.1) is 10.8 Å². The molecule has 0 radical (unpaired) electrons. The van der Waals surface area contributed by atoms with Crippen LogP contribution < -0.4 is 22.1 Å². The summed E-state index contributed by atoms with van der Waals surface area (Å²) in [4.78, 5) is 59.6. The molecule has 0 aromatic heterocycles. The van der Waals surface area contributed by atoms with Gasteiger partial charge in [0.15, 0.2) is 6.10 Å². The zero-order valence-corrected chi connectivity index (χ0v) is 17.9. The average Bonchev–Trinajstić information content (AvgIpc) is 2.62. The first kappa shape index (κ1) is 25.0. The molecule has 0 aliphatic heterocycles. The smallest absolute Gasteiger partial charge is 0.340 e. The second-order valence-corrected chi connectivity index (χ2v) is 8.24. The molecule has 10 nitrogen and oxygen atoms in total. The average molecular weight is 439 g/mol. The molecule has 11 heteroatoms. The highest BCUT2D eigenvalue weighted by Crippen LogP contribution is 2.31. The summed E-state index contributed by atoms with van der Waals surface area (Å²) in [6, 6.07) is 4.33. The van der Waals surface area contributed by atoms with E-state index in [-0.39, 0.29) is 11.5 Å². The SMILES string of the molecule is CC(C)[C@H](Sc1ccccc1C(=O)O[C@@H](C(=O)NC(N)=O)C(C)C)C(=O)NC(N)=O. The quantitative estimate of drug-likeness (QED) is 0.351. The largest absolute Gasteiger partial charge is 0.448 e. The molecule has 0 unspecified atom stereocenters. The highest BCUT2D eigenvalue weighted by Gasteiger charge is 2.30. The maximum atomic E-state index is 12.8. The van der Waals surface area contributed by atoms with Crippen LogP contribution >= 0.6 is 11.8 Å². The zero-order chi connectivity index (χ0) is 23.0. The van der Waals surface area contributed by atoms with Crippen molar-refractivity contribution in [1.82, 2.24) is 10.6 Å². The van der Waals surface area contributed by atoms with Crippen LogP contribution in [0.4, 0.5) is 9.59 Å². The van der Waals surface area contributed by atoms with E-state index in [0.29, 0.717) is 4.90 Å². The molecule has 0 aliphatic carbocycles. The standard InChI is InChI=1S/C19H26N4O6S/c1-9(2)13(15(24)22-18(20)27)29-17(26)11-7-5-6-8-12(11)30-14(10(3)4)16(25)23-19(21)28/h5-10,13-14H,1-4H3,(H3,20,22,24,27)(H3,21,23,25,28)/t13-,14+/m1/s1. The number of rotatable bonds is 8. The lowest BCUT2D eigenvalue weighted by Crippen LogP contribution is -2.45. The van der Waals surface area contributed by atoms with E-state index < -0.39 is 47.1 Å². The van der Waals surface area contributed by atoms with Crippen LogP contribution in [0.5, 0.6) is 0 Å². The van der Waals surface area contributed by atoms with Crippen molar-refractivity contribution in [2.75, 3.05) is 0 Å². The topological polar surface area (TPSA) is 171 Å². The Bertz CT molecular complexity index is 827. The van der Waals surface area contributed by atoms with Crippen LogP contribution in [0.25, 0.3) is 0 Å². The summed E-state index contributed by atoms with van der Waals surface area (Å²) in [6.07, 6.45) is -1.25. The van der Waals surface area contributed by atoms with Crippen LogP contribution in [0.2, 0.25) is 0 Å². The van der Waals surface area contributed by atoms with Crippen LogP contribution in [0.1, 0.15) is 38.1 Å². The van der Waals surface area contributed by atoms with Gasteiger partial charge in [-0.3, -0.25) is 20.2 Å². The van der Waals surface area contributed by atoms with Crippen LogP contribution in [-0.4, -0.2) is 41.2 Å². The Balaban J connectivity index is 3.12. The molecule has 1 aromatic rings.